The summed E-state index contributed by atoms with van der Waals surface area (Å²) < 4.78 is 0. The van der Waals surface area contributed by atoms with Gasteiger partial charge in [-0.1, -0.05) is 103 Å². The SMILES string of the molecule is C=CC1=C(C=C)C2C(=C)/C=C\CCC1C(C)=C2/C=C\C.CC.CC.CC. The van der Waals surface area contributed by atoms with Crippen molar-refractivity contribution in [2.24, 2.45) is 11.8 Å². The molecule has 0 nitrogen and oxygen atoms in total. The van der Waals surface area contributed by atoms with Crippen LogP contribution in [0.1, 0.15) is 68.2 Å². The van der Waals surface area contributed by atoms with E-state index in [2.05, 4.69) is 57.9 Å². The molecule has 26 heavy (non-hydrogen) atoms. The topological polar surface area (TPSA) is 0 Å². The third kappa shape index (κ3) is 6.16. The monoisotopic (exact) mass is 354 g/mol. The Morgan fingerprint density at radius 1 is 0.923 bits per heavy atom. The molecule has 0 saturated heterocycles. The van der Waals surface area contributed by atoms with Crippen LogP contribution in [0.2, 0.25) is 0 Å². The maximum Gasteiger partial charge on any atom is 0.0336 e. The fourth-order valence-corrected chi connectivity index (χ4v) is 3.47. The molecule has 0 aliphatic heterocycles. The Labute approximate surface area is 164 Å². The molecule has 0 radical (unpaired) electrons. The Morgan fingerprint density at radius 2 is 1.46 bits per heavy atom. The summed E-state index contributed by atoms with van der Waals surface area (Å²) in [6, 6.07) is 0. The first-order valence-corrected chi connectivity index (χ1v) is 10.3. The highest BCUT2D eigenvalue weighted by Crippen LogP contribution is 2.45. The second kappa shape index (κ2) is 15.4. The molecule has 0 spiro atoms. The van der Waals surface area contributed by atoms with E-state index in [0.717, 1.165) is 18.4 Å². The van der Waals surface area contributed by atoms with E-state index in [0.29, 0.717) is 5.92 Å². The summed E-state index contributed by atoms with van der Waals surface area (Å²) in [5.41, 5.74) is 6.60. The molecule has 3 aliphatic rings. The predicted octanol–water partition coefficient (Wildman–Crippen LogP) is 8.78. The highest BCUT2D eigenvalue weighted by atomic mass is 14.4. The molecule has 2 unspecified atom stereocenters. The lowest BCUT2D eigenvalue weighted by atomic mass is 9.70. The zero-order valence-electron chi connectivity index (χ0n) is 18.7. The standard InChI is InChI=1S/C20H24.3C2H6/c1-6-11-19-15(5)18-13-10-9-12-14(4)20(19)17(8-3)16(18)7-2;3*1-2/h6-9,11-12,18,20H,2-4,10,13H2,1,5H3;3*1-2H3/b11-6-,12-9-;;;. The van der Waals surface area contributed by atoms with Crippen LogP contribution in [0.4, 0.5) is 0 Å². The number of allylic oxidation sites excluding steroid dienone is 11. The van der Waals surface area contributed by atoms with Gasteiger partial charge in [-0.2, -0.15) is 0 Å². The van der Waals surface area contributed by atoms with E-state index in [4.69, 9.17) is 0 Å². The molecule has 0 aromatic rings. The van der Waals surface area contributed by atoms with Crippen LogP contribution in [0.25, 0.3) is 0 Å². The zero-order valence-corrected chi connectivity index (χ0v) is 18.7. The zero-order chi connectivity index (χ0) is 20.7. The number of hydrogen-bond donors (Lipinski definition) is 0. The highest BCUT2D eigenvalue weighted by molar-refractivity contribution is 5.56. The maximum atomic E-state index is 4.30. The van der Waals surface area contributed by atoms with E-state index in [9.17, 15) is 0 Å². The van der Waals surface area contributed by atoms with Gasteiger partial charge >= 0.3 is 0 Å². The van der Waals surface area contributed by atoms with Crippen molar-refractivity contribution in [3.8, 4) is 0 Å². The van der Waals surface area contributed by atoms with E-state index in [1.54, 1.807) is 0 Å². The van der Waals surface area contributed by atoms with E-state index in [1.165, 1.54) is 22.3 Å². The van der Waals surface area contributed by atoms with E-state index in [1.807, 2.05) is 53.7 Å². The van der Waals surface area contributed by atoms with Gasteiger partial charge in [0.2, 0.25) is 0 Å². The molecule has 0 amide bonds. The first-order valence-electron chi connectivity index (χ1n) is 10.3. The summed E-state index contributed by atoms with van der Waals surface area (Å²) in [5.74, 6) is 0.681. The molecule has 0 heterocycles. The van der Waals surface area contributed by atoms with Crippen LogP contribution in [0.3, 0.4) is 0 Å². The van der Waals surface area contributed by atoms with E-state index >= 15 is 0 Å². The molecular formula is C26H42. The van der Waals surface area contributed by atoms with Crippen LogP contribution >= 0.6 is 0 Å². The Bertz CT molecular complexity index is 561. The number of hydrogen-bond acceptors (Lipinski definition) is 0. The van der Waals surface area contributed by atoms with Crippen LogP contribution in [-0.4, -0.2) is 0 Å². The third-order valence-electron chi connectivity index (χ3n) is 4.42. The van der Waals surface area contributed by atoms with Crippen LogP contribution in [0, 0.1) is 11.8 Å². The fraction of sp³-hybridized carbons (Fsp3) is 0.462. The molecule has 2 bridgehead atoms. The van der Waals surface area contributed by atoms with Crippen molar-refractivity contribution in [1.29, 1.82) is 0 Å². The minimum Gasteiger partial charge on any atom is -0.0988 e. The average molecular weight is 355 g/mol. The van der Waals surface area contributed by atoms with Crippen molar-refractivity contribution in [3.05, 3.63) is 84.1 Å². The summed E-state index contributed by atoms with van der Waals surface area (Å²) in [6.07, 6.45) is 15.0. The van der Waals surface area contributed by atoms with Crippen LogP contribution in [-0.2, 0) is 0 Å². The molecule has 0 saturated carbocycles. The van der Waals surface area contributed by atoms with Crippen LogP contribution < -0.4 is 0 Å². The van der Waals surface area contributed by atoms with Crippen molar-refractivity contribution in [2.75, 3.05) is 0 Å². The molecule has 3 rings (SSSR count). The fourth-order valence-electron chi connectivity index (χ4n) is 3.47. The Kier molecular flexibility index (Phi) is 15.7. The molecule has 0 aromatic heterocycles. The smallest absolute Gasteiger partial charge is 0.0336 e. The Balaban J connectivity index is 0. The van der Waals surface area contributed by atoms with Crippen molar-refractivity contribution in [1.82, 2.24) is 0 Å². The van der Waals surface area contributed by atoms with Crippen LogP contribution in [0.5, 0.6) is 0 Å². The second-order valence-electron chi connectivity index (χ2n) is 5.50. The summed E-state index contributed by atoms with van der Waals surface area (Å²) >= 11 is 0. The molecule has 146 valence electrons. The Morgan fingerprint density at radius 3 is 1.92 bits per heavy atom. The summed E-state index contributed by atoms with van der Waals surface area (Å²) in [4.78, 5) is 0. The second-order valence-corrected chi connectivity index (χ2v) is 5.50. The van der Waals surface area contributed by atoms with Gasteiger partial charge in [0, 0.05) is 11.8 Å². The summed E-state index contributed by atoms with van der Waals surface area (Å²) in [5, 5.41) is 0. The number of fused-ring (bicyclic) bond motifs is 3. The average Bonchev–Trinajstić information content (AvgIpc) is 2.81. The largest absolute Gasteiger partial charge is 0.0988 e. The molecule has 2 atom stereocenters. The summed E-state index contributed by atoms with van der Waals surface area (Å²) in [7, 11) is 0. The summed E-state index contributed by atoms with van der Waals surface area (Å²) in [6.45, 7) is 28.7. The van der Waals surface area contributed by atoms with Crippen molar-refractivity contribution < 1.29 is 0 Å². The van der Waals surface area contributed by atoms with Crippen molar-refractivity contribution in [3.63, 3.8) is 0 Å². The minimum absolute atomic E-state index is 0.224. The minimum atomic E-state index is 0.224. The van der Waals surface area contributed by atoms with Gasteiger partial charge in [-0.15, -0.1) is 0 Å². The van der Waals surface area contributed by atoms with Gasteiger partial charge in [0.05, 0.1) is 0 Å². The normalized spacial score (nSPS) is 22.5. The lowest BCUT2D eigenvalue weighted by molar-refractivity contribution is 0.622. The number of rotatable bonds is 3. The molecule has 0 heteroatoms. The van der Waals surface area contributed by atoms with E-state index in [-0.39, 0.29) is 5.92 Å². The van der Waals surface area contributed by atoms with Crippen molar-refractivity contribution >= 4 is 0 Å². The predicted molar refractivity (Wildman–Crippen MR) is 123 cm³/mol. The first kappa shape index (κ1) is 26.4. The van der Waals surface area contributed by atoms with Gasteiger partial charge in [-0.05, 0) is 49.0 Å². The molecule has 3 aliphatic carbocycles. The third-order valence-corrected chi connectivity index (χ3v) is 4.42. The van der Waals surface area contributed by atoms with Gasteiger partial charge < -0.3 is 0 Å². The van der Waals surface area contributed by atoms with Crippen molar-refractivity contribution in [2.45, 2.75) is 68.2 Å². The first-order chi connectivity index (χ1) is 12.7. The van der Waals surface area contributed by atoms with Gasteiger partial charge in [0.1, 0.15) is 0 Å². The lowest BCUT2D eigenvalue weighted by Crippen LogP contribution is -2.21. The Hall–Kier alpha value is -1.82. The van der Waals surface area contributed by atoms with Gasteiger partial charge in [0.15, 0.2) is 0 Å². The molecule has 0 aromatic carbocycles. The molecular weight excluding hydrogens is 312 g/mol. The maximum absolute atomic E-state index is 4.30. The van der Waals surface area contributed by atoms with Gasteiger partial charge in [-0.25, -0.2) is 0 Å². The van der Waals surface area contributed by atoms with Crippen LogP contribution in [0.15, 0.2) is 84.1 Å². The molecule has 0 fully saturated rings. The quantitative estimate of drug-likeness (QED) is 0.475. The van der Waals surface area contributed by atoms with E-state index < -0.39 is 0 Å². The van der Waals surface area contributed by atoms with Gasteiger partial charge in [0.25, 0.3) is 0 Å². The molecule has 0 N–H and O–H groups in total. The highest BCUT2D eigenvalue weighted by Gasteiger charge is 2.32. The lowest BCUT2D eigenvalue weighted by Gasteiger charge is -2.34. The van der Waals surface area contributed by atoms with Gasteiger partial charge in [-0.3, -0.25) is 0 Å².